The zero-order valence-electron chi connectivity index (χ0n) is 16.4. The lowest BCUT2D eigenvalue weighted by Crippen LogP contribution is -2.38. The van der Waals surface area contributed by atoms with E-state index >= 15 is 0 Å². The van der Waals surface area contributed by atoms with Crippen molar-refractivity contribution in [2.24, 2.45) is 5.92 Å². The van der Waals surface area contributed by atoms with Crippen molar-refractivity contribution in [2.75, 3.05) is 26.2 Å². The van der Waals surface area contributed by atoms with Gasteiger partial charge in [-0.1, -0.05) is 50.6 Å². The number of hydrogen-bond acceptors (Lipinski definition) is 3. The summed E-state index contributed by atoms with van der Waals surface area (Å²) in [6.07, 6.45) is 7.04. The first kappa shape index (κ1) is 25.7. The highest BCUT2D eigenvalue weighted by Gasteiger charge is 2.20. The predicted octanol–water partition coefficient (Wildman–Crippen LogP) is 4.83. The van der Waals surface area contributed by atoms with Crippen LogP contribution in [0.4, 0.5) is 0 Å². The maximum atomic E-state index is 10.8. The highest BCUT2D eigenvalue weighted by molar-refractivity contribution is 5.85. The summed E-state index contributed by atoms with van der Waals surface area (Å²) in [5.41, 5.74) is 1.02. The maximum Gasteiger partial charge on any atom is 0.0942 e. The second-order valence-electron chi connectivity index (χ2n) is 7.64. The average Bonchev–Trinajstić information content (AvgIpc) is 2.62. The number of nitrogens with one attached hydrogen (secondary N) is 1. The molecular weight excluding hydrogens is 367 g/mol. The molecule has 0 aliphatic carbocycles. The molecular formula is C21H38Cl2N2O. The molecule has 2 atom stereocenters. The van der Waals surface area contributed by atoms with Crippen molar-refractivity contribution in [3.05, 3.63) is 35.9 Å². The predicted molar refractivity (Wildman–Crippen MR) is 117 cm³/mol. The summed E-state index contributed by atoms with van der Waals surface area (Å²) >= 11 is 0. The van der Waals surface area contributed by atoms with E-state index in [2.05, 4.69) is 24.1 Å². The van der Waals surface area contributed by atoms with Gasteiger partial charge in [0, 0.05) is 6.04 Å². The Hall–Kier alpha value is -0.320. The molecule has 2 rings (SSSR count). The van der Waals surface area contributed by atoms with Crippen LogP contribution in [0.25, 0.3) is 0 Å². The molecule has 1 heterocycles. The van der Waals surface area contributed by atoms with E-state index in [0.717, 1.165) is 24.9 Å². The topological polar surface area (TPSA) is 35.5 Å². The fraction of sp³-hybridized carbons (Fsp3) is 0.714. The molecule has 1 saturated heterocycles. The molecule has 0 spiro atoms. The molecule has 1 aromatic carbocycles. The van der Waals surface area contributed by atoms with Crippen LogP contribution in [0.1, 0.15) is 64.0 Å². The molecule has 26 heavy (non-hydrogen) atoms. The van der Waals surface area contributed by atoms with E-state index in [1.807, 2.05) is 30.3 Å². The smallest absolute Gasteiger partial charge is 0.0942 e. The van der Waals surface area contributed by atoms with Crippen LogP contribution in [0.3, 0.4) is 0 Å². The molecule has 3 nitrogen and oxygen atoms in total. The molecule has 1 fully saturated rings. The number of benzene rings is 1. The van der Waals surface area contributed by atoms with Gasteiger partial charge in [-0.25, -0.2) is 0 Å². The molecule has 1 aliphatic rings. The second kappa shape index (κ2) is 14.7. The van der Waals surface area contributed by atoms with Crippen molar-refractivity contribution < 1.29 is 5.11 Å². The van der Waals surface area contributed by atoms with Crippen LogP contribution in [0, 0.1) is 5.92 Å². The van der Waals surface area contributed by atoms with Gasteiger partial charge in [-0.15, -0.1) is 24.8 Å². The van der Waals surface area contributed by atoms with Gasteiger partial charge in [0.2, 0.25) is 0 Å². The highest BCUT2D eigenvalue weighted by atomic mass is 35.5. The first-order valence-corrected chi connectivity index (χ1v) is 9.85. The SMILES string of the molecule is CC(C)CC[C@H](NCCCN1CCCCC1)[C@H](O)c1ccccc1.Cl.Cl. The zero-order valence-corrected chi connectivity index (χ0v) is 18.0. The fourth-order valence-electron chi connectivity index (χ4n) is 3.54. The Morgan fingerprint density at radius 1 is 1.00 bits per heavy atom. The van der Waals surface area contributed by atoms with Gasteiger partial charge in [-0.2, -0.15) is 0 Å². The Morgan fingerprint density at radius 3 is 2.27 bits per heavy atom. The molecule has 2 N–H and O–H groups in total. The van der Waals surface area contributed by atoms with E-state index in [0.29, 0.717) is 5.92 Å². The van der Waals surface area contributed by atoms with Crippen molar-refractivity contribution in [2.45, 2.75) is 64.5 Å². The Bertz CT molecular complexity index is 439. The molecule has 5 heteroatoms. The molecule has 0 saturated carbocycles. The second-order valence-corrected chi connectivity index (χ2v) is 7.64. The third-order valence-electron chi connectivity index (χ3n) is 5.08. The van der Waals surface area contributed by atoms with E-state index in [1.54, 1.807) is 0 Å². The Kier molecular flexibility index (Phi) is 14.5. The van der Waals surface area contributed by atoms with Crippen LogP contribution in [0.15, 0.2) is 30.3 Å². The van der Waals surface area contributed by atoms with Gasteiger partial charge in [-0.05, 0) is 69.8 Å². The molecule has 1 aliphatic heterocycles. The van der Waals surface area contributed by atoms with Crippen molar-refractivity contribution in [3.8, 4) is 0 Å². The lowest BCUT2D eigenvalue weighted by atomic mass is 9.95. The van der Waals surface area contributed by atoms with Crippen LogP contribution < -0.4 is 5.32 Å². The summed E-state index contributed by atoms with van der Waals surface area (Å²) in [5, 5.41) is 14.4. The van der Waals surface area contributed by atoms with Gasteiger partial charge in [0.25, 0.3) is 0 Å². The summed E-state index contributed by atoms with van der Waals surface area (Å²) in [6.45, 7) is 9.21. The number of hydrogen-bond donors (Lipinski definition) is 2. The highest BCUT2D eigenvalue weighted by Crippen LogP contribution is 2.21. The number of halogens is 2. The van der Waals surface area contributed by atoms with Crippen molar-refractivity contribution in [1.82, 2.24) is 10.2 Å². The summed E-state index contributed by atoms with van der Waals surface area (Å²) in [5.74, 6) is 0.672. The molecule has 0 amide bonds. The lowest BCUT2D eigenvalue weighted by Gasteiger charge is -2.28. The Balaban J connectivity index is 0.00000312. The number of rotatable bonds is 10. The van der Waals surface area contributed by atoms with Crippen LogP contribution in [0.5, 0.6) is 0 Å². The van der Waals surface area contributed by atoms with Crippen molar-refractivity contribution >= 4 is 24.8 Å². The third-order valence-corrected chi connectivity index (χ3v) is 5.08. The minimum atomic E-state index is -0.417. The minimum Gasteiger partial charge on any atom is -0.387 e. The molecule has 0 radical (unpaired) electrons. The molecule has 152 valence electrons. The summed E-state index contributed by atoms with van der Waals surface area (Å²) in [4.78, 5) is 2.59. The van der Waals surface area contributed by atoms with Crippen molar-refractivity contribution in [1.29, 1.82) is 0 Å². The summed E-state index contributed by atoms with van der Waals surface area (Å²) in [6, 6.07) is 10.2. The first-order chi connectivity index (χ1) is 11.7. The van der Waals surface area contributed by atoms with Gasteiger partial charge in [0.1, 0.15) is 0 Å². The maximum absolute atomic E-state index is 10.8. The normalized spacial score (nSPS) is 17.2. The van der Waals surface area contributed by atoms with Crippen LogP contribution in [0.2, 0.25) is 0 Å². The van der Waals surface area contributed by atoms with E-state index in [-0.39, 0.29) is 30.9 Å². The number of aliphatic hydroxyl groups is 1. The van der Waals surface area contributed by atoms with Gasteiger partial charge in [0.15, 0.2) is 0 Å². The van der Waals surface area contributed by atoms with Gasteiger partial charge < -0.3 is 15.3 Å². The molecule has 0 unspecified atom stereocenters. The Labute approximate surface area is 172 Å². The molecule has 1 aromatic rings. The largest absolute Gasteiger partial charge is 0.387 e. The Morgan fingerprint density at radius 2 is 1.65 bits per heavy atom. The standard InChI is InChI=1S/C21H36N2O.2ClH/c1-18(2)12-13-20(21(24)19-10-5-3-6-11-19)22-14-9-17-23-15-7-4-8-16-23;;/h3,5-6,10-11,18,20-22,24H,4,7-9,12-17H2,1-2H3;2*1H/t20-,21+;;/m0../s1. The van der Waals surface area contributed by atoms with E-state index in [1.165, 1.54) is 45.3 Å². The van der Waals surface area contributed by atoms with Crippen LogP contribution >= 0.6 is 24.8 Å². The van der Waals surface area contributed by atoms with Crippen molar-refractivity contribution in [3.63, 3.8) is 0 Å². The summed E-state index contributed by atoms with van der Waals surface area (Å²) < 4.78 is 0. The van der Waals surface area contributed by atoms with Gasteiger partial charge in [0.05, 0.1) is 6.10 Å². The number of nitrogens with zero attached hydrogens (tertiary/aromatic N) is 1. The number of piperidine rings is 1. The van der Waals surface area contributed by atoms with Crippen LogP contribution in [-0.4, -0.2) is 42.2 Å². The zero-order chi connectivity index (χ0) is 17.2. The third kappa shape index (κ3) is 9.57. The number of likely N-dealkylation sites (tertiary alicyclic amines) is 1. The average molecular weight is 405 g/mol. The molecule has 0 aromatic heterocycles. The quantitative estimate of drug-likeness (QED) is 0.547. The minimum absolute atomic E-state index is 0. The van der Waals surface area contributed by atoms with E-state index in [4.69, 9.17) is 0 Å². The first-order valence-electron chi connectivity index (χ1n) is 9.85. The molecule has 0 bridgehead atoms. The number of aliphatic hydroxyl groups excluding tert-OH is 1. The monoisotopic (exact) mass is 404 g/mol. The van der Waals surface area contributed by atoms with E-state index < -0.39 is 6.10 Å². The van der Waals surface area contributed by atoms with Crippen LogP contribution in [-0.2, 0) is 0 Å². The van der Waals surface area contributed by atoms with E-state index in [9.17, 15) is 5.11 Å². The van der Waals surface area contributed by atoms with Gasteiger partial charge >= 0.3 is 0 Å². The summed E-state index contributed by atoms with van der Waals surface area (Å²) in [7, 11) is 0. The fourth-order valence-corrected chi connectivity index (χ4v) is 3.54. The van der Waals surface area contributed by atoms with Gasteiger partial charge in [-0.3, -0.25) is 0 Å². The lowest BCUT2D eigenvalue weighted by molar-refractivity contribution is 0.119.